The molecule has 0 unspecified atom stereocenters. The molecule has 0 aromatic carbocycles. The summed E-state index contributed by atoms with van der Waals surface area (Å²) in [6.07, 6.45) is 0.813. The monoisotopic (exact) mass is 260 g/mol. The molecule has 0 bridgehead atoms. The zero-order chi connectivity index (χ0) is 13.8. The summed E-state index contributed by atoms with van der Waals surface area (Å²) in [5.41, 5.74) is -0.519. The minimum atomic E-state index is -0.954. The molecule has 0 aliphatic carbocycles. The molecule has 1 saturated heterocycles. The van der Waals surface area contributed by atoms with Crippen molar-refractivity contribution in [1.29, 1.82) is 0 Å². The minimum Gasteiger partial charge on any atom is -0.444 e. The number of amides is 2. The molecule has 1 N–H and O–H groups in total. The number of likely N-dealkylation sites (tertiary alicyclic amines) is 1. The van der Waals surface area contributed by atoms with Crippen LogP contribution in [0.2, 0.25) is 0 Å². The Bertz CT molecular complexity index is 307. The van der Waals surface area contributed by atoms with Gasteiger partial charge in [0.25, 0.3) is 5.91 Å². The first kappa shape index (κ1) is 14.7. The molecule has 0 saturated carbocycles. The highest BCUT2D eigenvalue weighted by Gasteiger charge is 2.25. The second-order valence-electron chi connectivity index (χ2n) is 5.43. The van der Waals surface area contributed by atoms with Crippen LogP contribution in [0, 0.1) is 0 Å². The molecule has 1 fully saturated rings. The lowest BCUT2D eigenvalue weighted by atomic mass is 10.1. The number of hydrogen-bond acceptors (Lipinski definition) is 3. The first-order valence-corrected chi connectivity index (χ1v) is 6.15. The average molecular weight is 260 g/mol. The summed E-state index contributed by atoms with van der Waals surface area (Å²) in [6.45, 7) is 5.40. The molecule has 1 aliphatic rings. The Labute approximate surface area is 107 Å². The Kier molecular flexibility index (Phi) is 4.93. The van der Waals surface area contributed by atoms with Gasteiger partial charge in [-0.25, -0.2) is 9.18 Å². The Hall–Kier alpha value is -1.33. The van der Waals surface area contributed by atoms with Gasteiger partial charge in [0.05, 0.1) is 0 Å². The van der Waals surface area contributed by atoms with Gasteiger partial charge in [0.15, 0.2) is 6.67 Å². The van der Waals surface area contributed by atoms with Gasteiger partial charge in [-0.3, -0.25) is 4.79 Å². The van der Waals surface area contributed by atoms with Crippen molar-refractivity contribution in [3.8, 4) is 0 Å². The number of rotatable bonds is 2. The molecule has 18 heavy (non-hydrogen) atoms. The molecule has 0 aromatic rings. The van der Waals surface area contributed by atoms with E-state index in [1.807, 2.05) is 0 Å². The van der Waals surface area contributed by atoms with Gasteiger partial charge < -0.3 is 15.0 Å². The summed E-state index contributed by atoms with van der Waals surface area (Å²) in [5, 5.41) is 2.76. The fourth-order valence-corrected chi connectivity index (χ4v) is 1.83. The summed E-state index contributed by atoms with van der Waals surface area (Å²) in [6, 6.07) is -0.0106. The highest BCUT2D eigenvalue weighted by molar-refractivity contribution is 5.77. The number of carbonyl (C=O) groups excluding carboxylic acids is 2. The largest absolute Gasteiger partial charge is 0.444 e. The highest BCUT2D eigenvalue weighted by atomic mass is 19.1. The number of alkyl halides is 1. The second kappa shape index (κ2) is 6.02. The topological polar surface area (TPSA) is 58.6 Å². The van der Waals surface area contributed by atoms with E-state index in [4.69, 9.17) is 4.74 Å². The molecular weight excluding hydrogens is 239 g/mol. The number of piperidine rings is 1. The number of ether oxygens (including phenoxy) is 1. The van der Waals surface area contributed by atoms with Crippen molar-refractivity contribution >= 4 is 12.0 Å². The van der Waals surface area contributed by atoms with Crippen LogP contribution in [0.3, 0.4) is 0 Å². The van der Waals surface area contributed by atoms with Gasteiger partial charge in [0.2, 0.25) is 0 Å². The summed E-state index contributed by atoms with van der Waals surface area (Å²) < 4.78 is 17.3. The predicted octanol–water partition coefficient (Wildman–Crippen LogP) is 1.47. The normalized spacial score (nSPS) is 17.4. The number of halogens is 1. The lowest BCUT2D eigenvalue weighted by molar-refractivity contribution is -0.133. The molecule has 1 rings (SSSR count). The number of hydrogen-bond donors (Lipinski definition) is 1. The molecule has 6 heteroatoms. The van der Waals surface area contributed by atoms with Crippen LogP contribution in [0.1, 0.15) is 33.6 Å². The van der Waals surface area contributed by atoms with Gasteiger partial charge in [0.1, 0.15) is 5.60 Å². The van der Waals surface area contributed by atoms with Crippen LogP contribution in [0.4, 0.5) is 9.18 Å². The van der Waals surface area contributed by atoms with E-state index < -0.39 is 24.3 Å². The van der Waals surface area contributed by atoms with Crippen LogP contribution in [-0.2, 0) is 9.53 Å². The van der Waals surface area contributed by atoms with Gasteiger partial charge in [-0.2, -0.15) is 0 Å². The summed E-state index contributed by atoms with van der Waals surface area (Å²) >= 11 is 0. The molecule has 1 aliphatic heterocycles. The van der Waals surface area contributed by atoms with Crippen LogP contribution in [-0.4, -0.2) is 48.3 Å². The van der Waals surface area contributed by atoms with Crippen molar-refractivity contribution < 1.29 is 18.7 Å². The van der Waals surface area contributed by atoms with Crippen molar-refractivity contribution in [1.82, 2.24) is 10.2 Å². The lowest BCUT2D eigenvalue weighted by Gasteiger charge is -2.32. The maximum absolute atomic E-state index is 12.2. The fraction of sp³-hybridized carbons (Fsp3) is 0.833. The Morgan fingerprint density at radius 3 is 2.33 bits per heavy atom. The zero-order valence-corrected chi connectivity index (χ0v) is 11.2. The van der Waals surface area contributed by atoms with E-state index in [0.717, 1.165) is 0 Å². The molecule has 1 heterocycles. The molecule has 5 nitrogen and oxygen atoms in total. The minimum absolute atomic E-state index is 0.0106. The summed E-state index contributed by atoms with van der Waals surface area (Å²) in [4.78, 5) is 24.1. The van der Waals surface area contributed by atoms with Crippen molar-refractivity contribution in [2.24, 2.45) is 0 Å². The van der Waals surface area contributed by atoms with E-state index >= 15 is 0 Å². The van der Waals surface area contributed by atoms with Crippen LogP contribution in [0.15, 0.2) is 0 Å². The van der Waals surface area contributed by atoms with Crippen LogP contribution >= 0.6 is 0 Å². The van der Waals surface area contributed by atoms with Gasteiger partial charge in [-0.1, -0.05) is 0 Å². The number of alkyl carbamates (subject to hydrolysis) is 1. The first-order valence-electron chi connectivity index (χ1n) is 6.15. The third-order valence-electron chi connectivity index (χ3n) is 2.68. The van der Waals surface area contributed by atoms with Gasteiger partial charge in [0, 0.05) is 19.1 Å². The second-order valence-corrected chi connectivity index (χ2v) is 5.43. The molecule has 0 atom stereocenters. The first-order chi connectivity index (χ1) is 8.31. The van der Waals surface area contributed by atoms with Gasteiger partial charge in [-0.05, 0) is 33.6 Å². The summed E-state index contributed by atoms with van der Waals surface area (Å²) in [7, 11) is 0. The van der Waals surface area contributed by atoms with E-state index in [0.29, 0.717) is 25.9 Å². The van der Waals surface area contributed by atoms with Crippen LogP contribution in [0.25, 0.3) is 0 Å². The third kappa shape index (κ3) is 4.89. The van der Waals surface area contributed by atoms with Crippen molar-refractivity contribution in [3.63, 3.8) is 0 Å². The standard InChI is InChI=1S/C12H21FN2O3/c1-12(2,3)18-11(17)14-9-4-6-15(7-5-9)10(16)8-13/h9H,4-8H2,1-3H3,(H,14,17). The summed E-state index contributed by atoms with van der Waals surface area (Å²) in [5.74, 6) is -0.481. The Morgan fingerprint density at radius 2 is 1.89 bits per heavy atom. The highest BCUT2D eigenvalue weighted by Crippen LogP contribution is 2.12. The average Bonchev–Trinajstić information content (AvgIpc) is 2.26. The molecule has 0 radical (unpaired) electrons. The van der Waals surface area contributed by atoms with Gasteiger partial charge in [-0.15, -0.1) is 0 Å². The van der Waals surface area contributed by atoms with E-state index in [-0.39, 0.29) is 6.04 Å². The smallest absolute Gasteiger partial charge is 0.407 e. The van der Waals surface area contributed by atoms with Crippen LogP contribution in [0.5, 0.6) is 0 Å². The van der Waals surface area contributed by atoms with E-state index in [2.05, 4.69) is 5.32 Å². The van der Waals surface area contributed by atoms with Gasteiger partial charge >= 0.3 is 6.09 Å². The predicted molar refractivity (Wildman–Crippen MR) is 64.9 cm³/mol. The SMILES string of the molecule is CC(C)(C)OC(=O)NC1CCN(C(=O)CF)CC1. The van der Waals surface area contributed by atoms with Crippen molar-refractivity contribution in [2.75, 3.05) is 19.8 Å². The van der Waals surface area contributed by atoms with E-state index in [1.165, 1.54) is 4.90 Å². The molecular formula is C12H21FN2O3. The molecule has 0 spiro atoms. The Balaban J connectivity index is 2.31. The quantitative estimate of drug-likeness (QED) is 0.818. The number of nitrogens with zero attached hydrogens (tertiary/aromatic N) is 1. The fourth-order valence-electron chi connectivity index (χ4n) is 1.83. The lowest BCUT2D eigenvalue weighted by Crippen LogP contribution is -2.48. The zero-order valence-electron chi connectivity index (χ0n) is 11.2. The molecule has 0 aromatic heterocycles. The molecule has 2 amide bonds. The number of carbonyl (C=O) groups is 2. The third-order valence-corrected chi connectivity index (χ3v) is 2.68. The molecule has 104 valence electrons. The van der Waals surface area contributed by atoms with E-state index in [1.54, 1.807) is 20.8 Å². The maximum atomic E-state index is 12.2. The van der Waals surface area contributed by atoms with Crippen molar-refractivity contribution in [3.05, 3.63) is 0 Å². The van der Waals surface area contributed by atoms with E-state index in [9.17, 15) is 14.0 Å². The Morgan fingerprint density at radius 1 is 1.33 bits per heavy atom. The van der Waals surface area contributed by atoms with Crippen molar-refractivity contribution in [2.45, 2.75) is 45.3 Å². The maximum Gasteiger partial charge on any atom is 0.407 e. The number of nitrogens with one attached hydrogen (secondary N) is 1. The van der Waals surface area contributed by atoms with Crippen LogP contribution < -0.4 is 5.32 Å².